The van der Waals surface area contributed by atoms with Crippen molar-refractivity contribution in [2.45, 2.75) is 33.0 Å². The number of benzene rings is 2. The molecule has 3 rings (SSSR count). The van der Waals surface area contributed by atoms with E-state index in [1.165, 1.54) is 5.56 Å². The molecular formula is C19H22N4. The SMILES string of the molecule is CC(C)NCc1nn(Cc2ccccc2)nc1-c1ccccc1. The van der Waals surface area contributed by atoms with Crippen LogP contribution >= 0.6 is 0 Å². The van der Waals surface area contributed by atoms with E-state index in [4.69, 9.17) is 10.2 Å². The molecule has 0 spiro atoms. The maximum Gasteiger partial charge on any atom is 0.117 e. The Labute approximate surface area is 137 Å². The zero-order valence-corrected chi connectivity index (χ0v) is 13.6. The molecule has 0 saturated heterocycles. The first kappa shape index (κ1) is 15.4. The largest absolute Gasteiger partial charge is 0.309 e. The van der Waals surface area contributed by atoms with Gasteiger partial charge in [0, 0.05) is 18.2 Å². The fourth-order valence-corrected chi connectivity index (χ4v) is 2.44. The molecule has 0 fully saturated rings. The number of hydrogen-bond acceptors (Lipinski definition) is 3. The lowest BCUT2D eigenvalue weighted by Gasteiger charge is -2.06. The minimum Gasteiger partial charge on any atom is -0.309 e. The second-order valence-electron chi connectivity index (χ2n) is 5.91. The third kappa shape index (κ3) is 4.05. The molecule has 1 heterocycles. The molecule has 1 N–H and O–H groups in total. The summed E-state index contributed by atoms with van der Waals surface area (Å²) in [5, 5.41) is 12.8. The van der Waals surface area contributed by atoms with Gasteiger partial charge in [-0.3, -0.25) is 0 Å². The van der Waals surface area contributed by atoms with E-state index < -0.39 is 0 Å². The molecule has 0 aliphatic rings. The number of nitrogens with one attached hydrogen (secondary N) is 1. The summed E-state index contributed by atoms with van der Waals surface area (Å²) in [4.78, 5) is 1.79. The summed E-state index contributed by atoms with van der Waals surface area (Å²) >= 11 is 0. The molecule has 4 heteroatoms. The minimum atomic E-state index is 0.415. The average Bonchev–Trinajstić information content (AvgIpc) is 2.97. The van der Waals surface area contributed by atoms with E-state index in [-0.39, 0.29) is 0 Å². The van der Waals surface area contributed by atoms with Gasteiger partial charge in [-0.1, -0.05) is 74.5 Å². The Bertz CT molecular complexity index is 733. The number of aromatic nitrogens is 3. The zero-order chi connectivity index (χ0) is 16.1. The highest BCUT2D eigenvalue weighted by Gasteiger charge is 2.13. The van der Waals surface area contributed by atoms with Crippen molar-refractivity contribution in [1.29, 1.82) is 0 Å². The van der Waals surface area contributed by atoms with E-state index in [0.29, 0.717) is 12.6 Å². The molecule has 0 bridgehead atoms. The average molecular weight is 306 g/mol. The van der Waals surface area contributed by atoms with E-state index in [1.54, 1.807) is 4.80 Å². The van der Waals surface area contributed by atoms with E-state index in [9.17, 15) is 0 Å². The third-order valence-electron chi connectivity index (χ3n) is 3.62. The molecular weight excluding hydrogens is 284 g/mol. The lowest BCUT2D eigenvalue weighted by molar-refractivity contribution is 0.554. The second-order valence-corrected chi connectivity index (χ2v) is 5.91. The zero-order valence-electron chi connectivity index (χ0n) is 13.6. The molecule has 0 atom stereocenters. The monoisotopic (exact) mass is 306 g/mol. The van der Waals surface area contributed by atoms with E-state index in [2.05, 4.69) is 43.4 Å². The fraction of sp³-hybridized carbons (Fsp3) is 0.263. The van der Waals surface area contributed by atoms with Crippen LogP contribution in [0.4, 0.5) is 0 Å². The molecule has 0 aliphatic heterocycles. The first-order valence-corrected chi connectivity index (χ1v) is 7.99. The highest BCUT2D eigenvalue weighted by atomic mass is 15.5. The summed E-state index contributed by atoms with van der Waals surface area (Å²) in [6, 6.07) is 20.9. The standard InChI is InChI=1S/C19H22N4/c1-15(2)20-13-18-19(17-11-7-4-8-12-17)22-23(21-18)14-16-9-5-3-6-10-16/h3-12,15,20H,13-14H2,1-2H3. The molecule has 0 amide bonds. The van der Waals surface area contributed by atoms with Gasteiger partial charge in [0.05, 0.1) is 6.54 Å². The lowest BCUT2D eigenvalue weighted by atomic mass is 10.1. The summed E-state index contributed by atoms with van der Waals surface area (Å²) in [6.45, 7) is 5.67. The van der Waals surface area contributed by atoms with Gasteiger partial charge in [0.25, 0.3) is 0 Å². The molecule has 0 radical (unpaired) electrons. The Morgan fingerprint density at radius 1 is 0.913 bits per heavy atom. The summed E-state index contributed by atoms with van der Waals surface area (Å²) < 4.78 is 0. The van der Waals surface area contributed by atoms with Gasteiger partial charge in [-0.25, -0.2) is 0 Å². The Balaban J connectivity index is 1.90. The van der Waals surface area contributed by atoms with Crippen LogP contribution in [0, 0.1) is 0 Å². The van der Waals surface area contributed by atoms with Gasteiger partial charge in [0.2, 0.25) is 0 Å². The molecule has 3 aromatic rings. The normalized spacial score (nSPS) is 11.1. The topological polar surface area (TPSA) is 42.7 Å². The summed E-state index contributed by atoms with van der Waals surface area (Å²) in [5.41, 5.74) is 4.24. The molecule has 23 heavy (non-hydrogen) atoms. The third-order valence-corrected chi connectivity index (χ3v) is 3.62. The molecule has 4 nitrogen and oxygen atoms in total. The van der Waals surface area contributed by atoms with Crippen molar-refractivity contribution in [1.82, 2.24) is 20.3 Å². The van der Waals surface area contributed by atoms with Gasteiger partial charge in [-0.05, 0) is 5.56 Å². The number of nitrogens with zero attached hydrogens (tertiary/aromatic N) is 3. The van der Waals surface area contributed by atoms with E-state index in [0.717, 1.165) is 23.5 Å². The number of rotatable bonds is 6. The smallest absolute Gasteiger partial charge is 0.117 e. The highest BCUT2D eigenvalue weighted by molar-refractivity contribution is 5.60. The second kappa shape index (κ2) is 7.20. The Morgan fingerprint density at radius 3 is 2.22 bits per heavy atom. The molecule has 118 valence electrons. The van der Waals surface area contributed by atoms with Crippen molar-refractivity contribution in [2.24, 2.45) is 0 Å². The van der Waals surface area contributed by atoms with E-state index >= 15 is 0 Å². The summed E-state index contributed by atoms with van der Waals surface area (Å²) in [5.74, 6) is 0. The van der Waals surface area contributed by atoms with Gasteiger partial charge >= 0.3 is 0 Å². The van der Waals surface area contributed by atoms with Crippen LogP contribution in [0.1, 0.15) is 25.1 Å². The molecule has 0 saturated carbocycles. The van der Waals surface area contributed by atoms with Gasteiger partial charge in [0.15, 0.2) is 0 Å². The highest BCUT2D eigenvalue weighted by Crippen LogP contribution is 2.20. The Hall–Kier alpha value is -2.46. The van der Waals surface area contributed by atoms with Crippen molar-refractivity contribution in [3.05, 3.63) is 71.9 Å². The summed E-state index contributed by atoms with van der Waals surface area (Å²) in [7, 11) is 0. The molecule has 1 aromatic heterocycles. The Morgan fingerprint density at radius 2 is 1.57 bits per heavy atom. The van der Waals surface area contributed by atoms with Crippen molar-refractivity contribution >= 4 is 0 Å². The van der Waals surface area contributed by atoms with Crippen LogP contribution < -0.4 is 5.32 Å². The first-order chi connectivity index (χ1) is 11.2. The van der Waals surface area contributed by atoms with Crippen molar-refractivity contribution in [3.63, 3.8) is 0 Å². The first-order valence-electron chi connectivity index (χ1n) is 7.99. The van der Waals surface area contributed by atoms with Crippen LogP contribution in [-0.2, 0) is 13.1 Å². The van der Waals surface area contributed by atoms with Gasteiger partial charge < -0.3 is 5.32 Å². The molecule has 2 aromatic carbocycles. The Kier molecular flexibility index (Phi) is 4.83. The minimum absolute atomic E-state index is 0.415. The predicted octanol–water partition coefficient (Wildman–Crippen LogP) is 3.49. The van der Waals surface area contributed by atoms with Crippen LogP contribution in [-0.4, -0.2) is 21.0 Å². The van der Waals surface area contributed by atoms with Gasteiger partial charge in [0.1, 0.15) is 11.4 Å². The molecule has 0 aliphatic carbocycles. The predicted molar refractivity (Wildman–Crippen MR) is 93.0 cm³/mol. The van der Waals surface area contributed by atoms with Crippen LogP contribution in [0.15, 0.2) is 60.7 Å². The quantitative estimate of drug-likeness (QED) is 0.758. The maximum atomic E-state index is 4.72. The van der Waals surface area contributed by atoms with Gasteiger partial charge in [-0.2, -0.15) is 15.0 Å². The van der Waals surface area contributed by atoms with Crippen LogP contribution in [0.25, 0.3) is 11.3 Å². The summed E-state index contributed by atoms with van der Waals surface area (Å²) in [6.07, 6.45) is 0. The van der Waals surface area contributed by atoms with Crippen LogP contribution in [0.5, 0.6) is 0 Å². The maximum absolute atomic E-state index is 4.72. The van der Waals surface area contributed by atoms with Gasteiger partial charge in [-0.15, -0.1) is 0 Å². The number of hydrogen-bond donors (Lipinski definition) is 1. The van der Waals surface area contributed by atoms with E-state index in [1.807, 2.05) is 36.4 Å². The van der Waals surface area contributed by atoms with Crippen molar-refractivity contribution < 1.29 is 0 Å². The lowest BCUT2D eigenvalue weighted by Crippen LogP contribution is -2.22. The van der Waals surface area contributed by atoms with Crippen LogP contribution in [0.3, 0.4) is 0 Å². The van der Waals surface area contributed by atoms with Crippen LogP contribution in [0.2, 0.25) is 0 Å². The van der Waals surface area contributed by atoms with Crippen molar-refractivity contribution in [3.8, 4) is 11.3 Å². The molecule has 0 unspecified atom stereocenters. The van der Waals surface area contributed by atoms with Crippen molar-refractivity contribution in [2.75, 3.05) is 0 Å². The fourth-order valence-electron chi connectivity index (χ4n) is 2.44.